The molecule has 32 heavy (non-hydrogen) atoms. The molecule has 1 aromatic carbocycles. The zero-order chi connectivity index (χ0) is 22.9. The number of fused-ring (bicyclic) bond motifs is 1. The van der Waals surface area contributed by atoms with E-state index in [1.807, 2.05) is 13.8 Å². The fourth-order valence-electron chi connectivity index (χ4n) is 5.15. The Kier molecular flexibility index (Phi) is 6.31. The van der Waals surface area contributed by atoms with E-state index in [0.717, 1.165) is 25.7 Å². The third kappa shape index (κ3) is 4.54. The minimum atomic E-state index is -0.270. The van der Waals surface area contributed by atoms with E-state index in [4.69, 9.17) is 4.99 Å². The number of aliphatic imine (C=N–C) groups is 1. The lowest BCUT2D eigenvalue weighted by atomic mass is 9.75. The summed E-state index contributed by atoms with van der Waals surface area (Å²) in [6.45, 7) is 4.24. The van der Waals surface area contributed by atoms with Gasteiger partial charge in [-0.2, -0.15) is 0 Å². The van der Waals surface area contributed by atoms with Crippen LogP contribution < -0.4 is 0 Å². The van der Waals surface area contributed by atoms with Gasteiger partial charge in [-0.1, -0.05) is 45.2 Å². The van der Waals surface area contributed by atoms with Crippen LogP contribution in [0.25, 0.3) is 0 Å². The maximum Gasteiger partial charge on any atom is 0.261 e. The Morgan fingerprint density at radius 1 is 1.03 bits per heavy atom. The Morgan fingerprint density at radius 3 is 2.25 bits per heavy atom. The molecule has 2 aliphatic carbocycles. The number of carbonyl (C=O) groups excluding carboxylic acids is 3. The van der Waals surface area contributed by atoms with Crippen molar-refractivity contribution in [3.63, 3.8) is 0 Å². The molecular weight excluding hydrogens is 404 g/mol. The van der Waals surface area contributed by atoms with Crippen LogP contribution in [0.4, 0.5) is 0 Å². The molecule has 1 N–H and O–H groups in total. The molecule has 1 saturated carbocycles. The van der Waals surface area contributed by atoms with Crippen LogP contribution in [-0.4, -0.2) is 45.9 Å². The van der Waals surface area contributed by atoms with E-state index >= 15 is 0 Å². The Morgan fingerprint density at radius 2 is 1.66 bits per heavy atom. The predicted molar refractivity (Wildman–Crippen MR) is 123 cm³/mol. The van der Waals surface area contributed by atoms with Crippen molar-refractivity contribution in [2.24, 2.45) is 10.4 Å². The highest BCUT2D eigenvalue weighted by molar-refractivity contribution is 6.23. The van der Waals surface area contributed by atoms with Crippen LogP contribution >= 0.6 is 0 Å². The minimum absolute atomic E-state index is 0.0611. The van der Waals surface area contributed by atoms with E-state index in [2.05, 4.69) is 0 Å². The molecule has 4 rings (SSSR count). The van der Waals surface area contributed by atoms with E-state index in [1.165, 1.54) is 11.3 Å². The Balaban J connectivity index is 1.52. The van der Waals surface area contributed by atoms with Crippen molar-refractivity contribution >= 4 is 23.3 Å². The quantitative estimate of drug-likeness (QED) is 0.500. The summed E-state index contributed by atoms with van der Waals surface area (Å²) in [5.41, 5.74) is 1.64. The molecule has 170 valence electrons. The van der Waals surface area contributed by atoms with Crippen molar-refractivity contribution < 1.29 is 19.5 Å². The average molecular weight is 437 g/mol. The number of rotatable bonds is 6. The molecule has 1 fully saturated rings. The standard InChI is InChI=1S/C26H32N2O4/c1-26(2)15-21(29)23(22(30)16-26)20(27-17-9-4-3-5-10-17)13-8-14-28-24(31)18-11-6-7-12-19(18)25(28)32/h6-7,11-12,17,29H,3-5,8-10,13-16H2,1-2H3. The second kappa shape index (κ2) is 9.00. The van der Waals surface area contributed by atoms with Crippen molar-refractivity contribution in [3.8, 4) is 0 Å². The molecule has 0 spiro atoms. The van der Waals surface area contributed by atoms with Crippen LogP contribution in [0.2, 0.25) is 0 Å². The highest BCUT2D eigenvalue weighted by Crippen LogP contribution is 2.37. The van der Waals surface area contributed by atoms with Crippen molar-refractivity contribution in [3.05, 3.63) is 46.7 Å². The molecular formula is C26H32N2O4. The second-order valence-electron chi connectivity index (χ2n) is 10.0. The number of carbonyl (C=O) groups is 3. The Hall–Kier alpha value is -2.76. The summed E-state index contributed by atoms with van der Waals surface area (Å²) >= 11 is 0. The maximum absolute atomic E-state index is 13.0. The summed E-state index contributed by atoms with van der Waals surface area (Å²) in [7, 11) is 0. The third-order valence-electron chi connectivity index (χ3n) is 6.73. The van der Waals surface area contributed by atoms with Gasteiger partial charge < -0.3 is 5.11 Å². The second-order valence-corrected chi connectivity index (χ2v) is 10.0. The molecule has 0 atom stereocenters. The molecule has 6 nitrogen and oxygen atoms in total. The molecule has 2 amide bonds. The number of hydrogen-bond donors (Lipinski definition) is 1. The molecule has 1 heterocycles. The van der Waals surface area contributed by atoms with Gasteiger partial charge in [0.25, 0.3) is 11.8 Å². The third-order valence-corrected chi connectivity index (χ3v) is 6.73. The summed E-state index contributed by atoms with van der Waals surface area (Å²) in [6.07, 6.45) is 7.25. The zero-order valence-electron chi connectivity index (χ0n) is 19.0. The fraction of sp³-hybridized carbons (Fsp3) is 0.538. The van der Waals surface area contributed by atoms with Gasteiger partial charge in [0.2, 0.25) is 0 Å². The smallest absolute Gasteiger partial charge is 0.261 e. The average Bonchev–Trinajstić information content (AvgIpc) is 2.98. The first-order valence-electron chi connectivity index (χ1n) is 11.7. The van der Waals surface area contributed by atoms with Gasteiger partial charge in [-0.05, 0) is 43.2 Å². The lowest BCUT2D eigenvalue weighted by molar-refractivity contribution is -0.118. The lowest BCUT2D eigenvalue weighted by Gasteiger charge is -2.30. The zero-order valence-corrected chi connectivity index (χ0v) is 19.0. The van der Waals surface area contributed by atoms with Crippen molar-refractivity contribution in [1.82, 2.24) is 4.90 Å². The Labute approximate surface area is 189 Å². The van der Waals surface area contributed by atoms with Crippen molar-refractivity contribution in [1.29, 1.82) is 0 Å². The summed E-state index contributed by atoms with van der Waals surface area (Å²) in [4.78, 5) is 44.5. The maximum atomic E-state index is 13.0. The van der Waals surface area contributed by atoms with Crippen LogP contribution in [0.1, 0.15) is 92.4 Å². The molecule has 0 unspecified atom stereocenters. The van der Waals surface area contributed by atoms with Gasteiger partial charge >= 0.3 is 0 Å². The van der Waals surface area contributed by atoms with Gasteiger partial charge in [0.05, 0.1) is 22.7 Å². The first-order chi connectivity index (χ1) is 15.3. The molecule has 6 heteroatoms. The Bertz CT molecular complexity index is 964. The van der Waals surface area contributed by atoms with Gasteiger partial charge in [0, 0.05) is 25.1 Å². The predicted octanol–water partition coefficient (Wildman–Crippen LogP) is 5.04. The fourth-order valence-corrected chi connectivity index (χ4v) is 5.15. The molecule has 0 saturated heterocycles. The monoisotopic (exact) mass is 436 g/mol. The number of Topliss-reactive ketones (excluding diaryl/α,β-unsaturated/α-hetero) is 1. The normalized spacial score (nSPS) is 22.0. The van der Waals surface area contributed by atoms with E-state index in [0.29, 0.717) is 48.1 Å². The molecule has 3 aliphatic rings. The first-order valence-corrected chi connectivity index (χ1v) is 11.7. The highest BCUT2D eigenvalue weighted by Gasteiger charge is 2.37. The van der Waals surface area contributed by atoms with Gasteiger partial charge in [0.15, 0.2) is 5.78 Å². The number of benzene rings is 1. The molecule has 0 aromatic heterocycles. The van der Waals surface area contributed by atoms with Crippen LogP contribution in [0.5, 0.6) is 0 Å². The number of allylic oxidation sites excluding steroid dienone is 2. The van der Waals surface area contributed by atoms with Crippen molar-refractivity contribution in [2.75, 3.05) is 6.54 Å². The number of amides is 2. The minimum Gasteiger partial charge on any atom is -0.511 e. The summed E-state index contributed by atoms with van der Waals surface area (Å²) in [5.74, 6) is -0.474. The number of ketones is 1. The van der Waals surface area contributed by atoms with Crippen LogP contribution in [-0.2, 0) is 4.79 Å². The molecule has 1 aliphatic heterocycles. The highest BCUT2D eigenvalue weighted by atomic mass is 16.3. The van der Waals surface area contributed by atoms with E-state index in [9.17, 15) is 19.5 Å². The molecule has 0 bridgehead atoms. The largest absolute Gasteiger partial charge is 0.511 e. The summed E-state index contributed by atoms with van der Waals surface area (Å²) < 4.78 is 0. The number of aliphatic hydroxyl groups is 1. The van der Waals surface area contributed by atoms with Crippen LogP contribution in [0.15, 0.2) is 40.6 Å². The number of nitrogens with zero attached hydrogens (tertiary/aromatic N) is 2. The van der Waals surface area contributed by atoms with Gasteiger partial charge in [-0.25, -0.2) is 0 Å². The number of hydrogen-bond acceptors (Lipinski definition) is 5. The van der Waals surface area contributed by atoms with Crippen molar-refractivity contribution in [2.45, 2.75) is 77.7 Å². The summed E-state index contributed by atoms with van der Waals surface area (Å²) in [5, 5.41) is 10.7. The molecule has 1 aromatic rings. The first kappa shape index (κ1) is 22.4. The van der Waals surface area contributed by atoms with Gasteiger partial charge in [-0.15, -0.1) is 0 Å². The lowest BCUT2D eigenvalue weighted by Crippen LogP contribution is -2.32. The van der Waals surface area contributed by atoms with E-state index in [1.54, 1.807) is 24.3 Å². The number of aliphatic hydroxyl groups excluding tert-OH is 1. The SMILES string of the molecule is CC1(C)CC(=O)C(C(CCCN2C(=O)c3ccccc3C2=O)=NC2CCCCC2)=C(O)C1. The van der Waals surface area contributed by atoms with Gasteiger partial charge in [0.1, 0.15) is 5.76 Å². The topological polar surface area (TPSA) is 87.0 Å². The number of imide groups is 1. The van der Waals surface area contributed by atoms with E-state index in [-0.39, 0.29) is 41.4 Å². The van der Waals surface area contributed by atoms with Gasteiger partial charge in [-0.3, -0.25) is 24.3 Å². The summed E-state index contributed by atoms with van der Waals surface area (Å²) in [6, 6.07) is 7.04. The van der Waals surface area contributed by atoms with E-state index < -0.39 is 0 Å². The molecule has 0 radical (unpaired) electrons. The van der Waals surface area contributed by atoms with Crippen LogP contribution in [0, 0.1) is 5.41 Å². The van der Waals surface area contributed by atoms with Crippen LogP contribution in [0.3, 0.4) is 0 Å².